The SMILES string of the molecule is COc1ccccc1C(=O)NCCc1nc(-c2ccccc2)oc1C. The second kappa shape index (κ2) is 7.66. The molecule has 5 nitrogen and oxygen atoms in total. The lowest BCUT2D eigenvalue weighted by Crippen LogP contribution is -2.26. The van der Waals surface area contributed by atoms with Gasteiger partial charge in [-0.1, -0.05) is 30.3 Å². The summed E-state index contributed by atoms with van der Waals surface area (Å²) in [4.78, 5) is 16.8. The quantitative estimate of drug-likeness (QED) is 0.746. The van der Waals surface area contributed by atoms with E-state index in [0.717, 1.165) is 17.0 Å². The van der Waals surface area contributed by atoms with Crippen LogP contribution in [0.25, 0.3) is 11.5 Å². The van der Waals surface area contributed by atoms with Gasteiger partial charge in [-0.15, -0.1) is 0 Å². The summed E-state index contributed by atoms with van der Waals surface area (Å²) >= 11 is 0. The number of benzene rings is 2. The minimum atomic E-state index is -0.165. The zero-order valence-electron chi connectivity index (χ0n) is 14.3. The Morgan fingerprint density at radius 3 is 2.60 bits per heavy atom. The number of nitrogens with zero attached hydrogens (tertiary/aromatic N) is 1. The van der Waals surface area contributed by atoms with Crippen LogP contribution in [0.5, 0.6) is 5.75 Å². The number of aromatic nitrogens is 1. The van der Waals surface area contributed by atoms with Gasteiger partial charge in [0.2, 0.25) is 5.89 Å². The van der Waals surface area contributed by atoms with Crippen LogP contribution in [0.1, 0.15) is 21.8 Å². The Labute approximate surface area is 146 Å². The lowest BCUT2D eigenvalue weighted by molar-refractivity contribution is 0.0951. The van der Waals surface area contributed by atoms with Crippen molar-refractivity contribution in [3.8, 4) is 17.2 Å². The van der Waals surface area contributed by atoms with Crippen LogP contribution in [0.3, 0.4) is 0 Å². The number of hydrogen-bond donors (Lipinski definition) is 1. The van der Waals surface area contributed by atoms with Crippen LogP contribution >= 0.6 is 0 Å². The van der Waals surface area contributed by atoms with Crippen molar-refractivity contribution < 1.29 is 13.9 Å². The fraction of sp³-hybridized carbons (Fsp3) is 0.200. The van der Waals surface area contributed by atoms with Crippen LogP contribution in [0.4, 0.5) is 0 Å². The monoisotopic (exact) mass is 336 g/mol. The molecule has 0 aliphatic heterocycles. The zero-order chi connectivity index (χ0) is 17.6. The van der Waals surface area contributed by atoms with E-state index < -0.39 is 0 Å². The van der Waals surface area contributed by atoms with Crippen molar-refractivity contribution >= 4 is 5.91 Å². The minimum absolute atomic E-state index is 0.165. The van der Waals surface area contributed by atoms with Gasteiger partial charge in [-0.25, -0.2) is 4.98 Å². The van der Waals surface area contributed by atoms with E-state index in [-0.39, 0.29) is 5.91 Å². The predicted molar refractivity (Wildman–Crippen MR) is 95.7 cm³/mol. The van der Waals surface area contributed by atoms with Crippen molar-refractivity contribution in [2.45, 2.75) is 13.3 Å². The third-order valence-electron chi connectivity index (χ3n) is 3.91. The lowest BCUT2D eigenvalue weighted by atomic mass is 10.2. The van der Waals surface area contributed by atoms with Crippen LogP contribution in [-0.2, 0) is 6.42 Å². The summed E-state index contributed by atoms with van der Waals surface area (Å²) in [6, 6.07) is 16.9. The summed E-state index contributed by atoms with van der Waals surface area (Å²) in [6.07, 6.45) is 0.600. The molecule has 0 bridgehead atoms. The van der Waals surface area contributed by atoms with Crippen molar-refractivity contribution in [2.24, 2.45) is 0 Å². The van der Waals surface area contributed by atoms with Gasteiger partial charge >= 0.3 is 0 Å². The van der Waals surface area contributed by atoms with Gasteiger partial charge < -0.3 is 14.5 Å². The van der Waals surface area contributed by atoms with Crippen LogP contribution < -0.4 is 10.1 Å². The van der Waals surface area contributed by atoms with Crippen molar-refractivity contribution in [3.05, 3.63) is 71.6 Å². The Bertz CT molecular complexity index is 856. The van der Waals surface area contributed by atoms with Crippen LogP contribution in [-0.4, -0.2) is 24.5 Å². The summed E-state index contributed by atoms with van der Waals surface area (Å²) in [5.41, 5.74) is 2.31. The minimum Gasteiger partial charge on any atom is -0.496 e. The number of methoxy groups -OCH3 is 1. The molecule has 0 saturated heterocycles. The summed E-state index contributed by atoms with van der Waals surface area (Å²) in [5.74, 6) is 1.76. The number of para-hydroxylation sites is 1. The molecule has 128 valence electrons. The highest BCUT2D eigenvalue weighted by molar-refractivity contribution is 5.96. The van der Waals surface area contributed by atoms with Gasteiger partial charge in [-0.2, -0.15) is 0 Å². The molecule has 5 heteroatoms. The van der Waals surface area contributed by atoms with Crippen molar-refractivity contribution in [2.75, 3.05) is 13.7 Å². The first-order chi connectivity index (χ1) is 12.2. The molecule has 0 spiro atoms. The lowest BCUT2D eigenvalue weighted by Gasteiger charge is -2.08. The van der Waals surface area contributed by atoms with Crippen molar-refractivity contribution in [3.63, 3.8) is 0 Å². The van der Waals surface area contributed by atoms with Gasteiger partial charge in [-0.05, 0) is 31.2 Å². The summed E-state index contributed by atoms with van der Waals surface area (Å²) < 4.78 is 10.9. The number of amides is 1. The molecule has 1 amide bonds. The van der Waals surface area contributed by atoms with E-state index in [4.69, 9.17) is 9.15 Å². The van der Waals surface area contributed by atoms with Crippen LogP contribution in [0, 0.1) is 6.92 Å². The van der Waals surface area contributed by atoms with E-state index in [1.165, 1.54) is 0 Å². The number of aryl methyl sites for hydroxylation is 1. The third-order valence-corrected chi connectivity index (χ3v) is 3.91. The molecule has 3 aromatic rings. The Balaban J connectivity index is 1.63. The van der Waals surface area contributed by atoms with Gasteiger partial charge in [0.15, 0.2) is 0 Å². The highest BCUT2D eigenvalue weighted by Crippen LogP contribution is 2.21. The maximum atomic E-state index is 12.3. The van der Waals surface area contributed by atoms with E-state index in [1.54, 1.807) is 19.2 Å². The average Bonchev–Trinajstić information content (AvgIpc) is 3.03. The van der Waals surface area contributed by atoms with Gasteiger partial charge in [0.05, 0.1) is 18.4 Å². The Morgan fingerprint density at radius 1 is 1.12 bits per heavy atom. The van der Waals surface area contributed by atoms with Gasteiger partial charge in [-0.3, -0.25) is 4.79 Å². The summed E-state index contributed by atoms with van der Waals surface area (Å²) in [6.45, 7) is 2.36. The normalized spacial score (nSPS) is 10.5. The van der Waals surface area contributed by atoms with Gasteiger partial charge in [0.25, 0.3) is 5.91 Å². The van der Waals surface area contributed by atoms with E-state index in [0.29, 0.717) is 30.2 Å². The van der Waals surface area contributed by atoms with Gasteiger partial charge in [0, 0.05) is 18.5 Å². The van der Waals surface area contributed by atoms with Gasteiger partial charge in [0.1, 0.15) is 11.5 Å². The highest BCUT2D eigenvalue weighted by atomic mass is 16.5. The molecule has 1 heterocycles. The first-order valence-electron chi connectivity index (χ1n) is 8.12. The number of nitrogens with one attached hydrogen (secondary N) is 1. The standard InChI is InChI=1S/C20H20N2O3/c1-14-17(22-20(25-14)15-8-4-3-5-9-15)12-13-21-19(23)16-10-6-7-11-18(16)24-2/h3-11H,12-13H2,1-2H3,(H,21,23). The highest BCUT2D eigenvalue weighted by Gasteiger charge is 2.13. The topological polar surface area (TPSA) is 64.4 Å². The molecule has 0 unspecified atom stereocenters. The molecule has 3 rings (SSSR count). The average molecular weight is 336 g/mol. The molecule has 25 heavy (non-hydrogen) atoms. The number of carbonyl (C=O) groups is 1. The largest absolute Gasteiger partial charge is 0.496 e. The molecule has 0 atom stereocenters. The molecule has 0 aliphatic carbocycles. The Kier molecular flexibility index (Phi) is 5.14. The number of ether oxygens (including phenoxy) is 1. The molecular formula is C20H20N2O3. The maximum absolute atomic E-state index is 12.3. The first kappa shape index (κ1) is 16.8. The molecule has 0 fully saturated rings. The molecular weight excluding hydrogens is 316 g/mol. The number of oxazole rings is 1. The number of hydrogen-bond acceptors (Lipinski definition) is 4. The van der Waals surface area contributed by atoms with Crippen molar-refractivity contribution in [1.82, 2.24) is 10.3 Å². The Hall–Kier alpha value is -3.08. The molecule has 1 N–H and O–H groups in total. The van der Waals surface area contributed by atoms with Crippen molar-refractivity contribution in [1.29, 1.82) is 0 Å². The fourth-order valence-electron chi connectivity index (χ4n) is 2.59. The van der Waals surface area contributed by atoms with Crippen LogP contribution in [0.15, 0.2) is 59.0 Å². The summed E-state index contributed by atoms with van der Waals surface area (Å²) in [7, 11) is 1.55. The fourth-order valence-corrected chi connectivity index (χ4v) is 2.59. The van der Waals surface area contributed by atoms with E-state index >= 15 is 0 Å². The van der Waals surface area contributed by atoms with Crippen LogP contribution in [0.2, 0.25) is 0 Å². The van der Waals surface area contributed by atoms with E-state index in [9.17, 15) is 4.79 Å². The molecule has 0 aliphatic rings. The van der Waals surface area contributed by atoms with E-state index in [1.807, 2.05) is 49.4 Å². The molecule has 0 saturated carbocycles. The number of rotatable bonds is 6. The van der Waals surface area contributed by atoms with E-state index in [2.05, 4.69) is 10.3 Å². The smallest absolute Gasteiger partial charge is 0.255 e. The molecule has 0 radical (unpaired) electrons. The second-order valence-electron chi connectivity index (χ2n) is 5.59. The maximum Gasteiger partial charge on any atom is 0.255 e. The molecule has 1 aromatic heterocycles. The Morgan fingerprint density at radius 2 is 1.84 bits per heavy atom. The first-order valence-corrected chi connectivity index (χ1v) is 8.12. The summed E-state index contributed by atoms with van der Waals surface area (Å²) in [5, 5.41) is 2.90. The number of carbonyl (C=O) groups excluding carboxylic acids is 1. The molecule has 2 aromatic carbocycles. The predicted octanol–water partition coefficient (Wildman–Crippen LogP) is 3.63. The third kappa shape index (κ3) is 3.88. The second-order valence-corrected chi connectivity index (χ2v) is 5.59. The zero-order valence-corrected chi connectivity index (χ0v) is 14.3.